The van der Waals surface area contributed by atoms with Gasteiger partial charge in [-0.2, -0.15) is 0 Å². The van der Waals surface area contributed by atoms with Crippen LogP contribution in [0.2, 0.25) is 0 Å². The maximum atomic E-state index is 12.4. The summed E-state index contributed by atoms with van der Waals surface area (Å²) in [7, 11) is 2.16. The van der Waals surface area contributed by atoms with Gasteiger partial charge in [-0.25, -0.2) is 0 Å². The molecule has 0 spiro atoms. The number of ether oxygens (including phenoxy) is 1. The third-order valence-corrected chi connectivity index (χ3v) is 5.93. The Kier molecular flexibility index (Phi) is 6.50. The molecule has 4 rings (SSSR count). The average Bonchev–Trinajstić information content (AvgIpc) is 2.77. The zero-order valence-electron chi connectivity index (χ0n) is 17.0. The fraction of sp³-hybridized carbons (Fsp3) is 0.240. The Morgan fingerprint density at radius 3 is 2.07 bits per heavy atom. The number of nitrogens with zero attached hydrogens (tertiary/aromatic N) is 1. The number of amides is 1. The molecule has 154 valence electrons. The highest BCUT2D eigenvalue weighted by Gasteiger charge is 2.17. The summed E-state index contributed by atoms with van der Waals surface area (Å²) in [6.07, 6.45) is 2.46. The van der Waals surface area contributed by atoms with Gasteiger partial charge in [0.2, 0.25) is 0 Å². The predicted octanol–water partition coefficient (Wildman–Crippen LogP) is 5.84. The summed E-state index contributed by atoms with van der Waals surface area (Å²) < 4.78 is 7.08. The van der Waals surface area contributed by atoms with E-state index in [-0.39, 0.29) is 5.91 Å². The third-order valence-electron chi connectivity index (χ3n) is 5.41. The molecule has 1 aliphatic rings. The predicted molar refractivity (Wildman–Crippen MR) is 125 cm³/mol. The largest absolute Gasteiger partial charge is 0.490 e. The van der Waals surface area contributed by atoms with Gasteiger partial charge in [0.15, 0.2) is 0 Å². The molecular formula is C25H25BrN2O2. The number of carbonyl (C=O) groups is 1. The SMILES string of the molecule is CN1CCC(Oc2ccc(-c3ccc(NC(=O)c4ccc(Br)cc4)cc3)cc2)CC1. The normalized spacial score (nSPS) is 15.0. The molecule has 30 heavy (non-hydrogen) atoms. The van der Waals surface area contributed by atoms with Crippen molar-refractivity contribution in [1.29, 1.82) is 0 Å². The minimum atomic E-state index is -0.120. The lowest BCUT2D eigenvalue weighted by Crippen LogP contribution is -2.35. The molecule has 1 N–H and O–H groups in total. The summed E-state index contributed by atoms with van der Waals surface area (Å²) in [5, 5.41) is 2.94. The molecule has 0 saturated carbocycles. The van der Waals surface area contributed by atoms with Crippen molar-refractivity contribution in [3.8, 4) is 16.9 Å². The van der Waals surface area contributed by atoms with Crippen LogP contribution in [0.25, 0.3) is 11.1 Å². The van der Waals surface area contributed by atoms with E-state index >= 15 is 0 Å². The summed E-state index contributed by atoms with van der Waals surface area (Å²) in [6.45, 7) is 2.18. The van der Waals surface area contributed by atoms with Gasteiger partial charge in [0.05, 0.1) is 0 Å². The molecule has 0 aliphatic carbocycles. The quantitative estimate of drug-likeness (QED) is 0.515. The molecule has 0 unspecified atom stereocenters. The van der Waals surface area contributed by atoms with Gasteiger partial charge >= 0.3 is 0 Å². The van der Waals surface area contributed by atoms with E-state index in [4.69, 9.17) is 4.74 Å². The Labute approximate surface area is 186 Å². The highest BCUT2D eigenvalue weighted by molar-refractivity contribution is 9.10. The van der Waals surface area contributed by atoms with Crippen LogP contribution < -0.4 is 10.1 Å². The number of hydrogen-bond donors (Lipinski definition) is 1. The van der Waals surface area contributed by atoms with Gasteiger partial charge < -0.3 is 15.0 Å². The molecule has 0 radical (unpaired) electrons. The lowest BCUT2D eigenvalue weighted by Gasteiger charge is -2.29. The highest BCUT2D eigenvalue weighted by atomic mass is 79.9. The number of rotatable bonds is 5. The van der Waals surface area contributed by atoms with Crippen LogP contribution in [0.5, 0.6) is 5.75 Å². The zero-order valence-corrected chi connectivity index (χ0v) is 18.6. The highest BCUT2D eigenvalue weighted by Crippen LogP contribution is 2.26. The molecule has 3 aromatic carbocycles. The number of benzene rings is 3. The van der Waals surface area contributed by atoms with Gasteiger partial charge in [-0.1, -0.05) is 40.2 Å². The molecule has 1 fully saturated rings. The standard InChI is InChI=1S/C25H25BrN2O2/c1-28-16-14-24(15-17-28)30-23-12-6-19(7-13-23)18-4-10-22(11-5-18)27-25(29)20-2-8-21(26)9-3-20/h2-13,24H,14-17H2,1H3,(H,27,29). The lowest BCUT2D eigenvalue weighted by molar-refractivity contribution is 0.102. The van der Waals surface area contributed by atoms with Gasteiger partial charge in [0.1, 0.15) is 11.9 Å². The number of piperidine rings is 1. The summed E-state index contributed by atoms with van der Waals surface area (Å²) in [6, 6.07) is 23.4. The number of anilines is 1. The van der Waals surface area contributed by atoms with Gasteiger partial charge in [-0.15, -0.1) is 0 Å². The van der Waals surface area contributed by atoms with Crippen molar-refractivity contribution in [2.45, 2.75) is 18.9 Å². The number of nitrogens with one attached hydrogen (secondary N) is 1. The molecule has 0 atom stereocenters. The van der Waals surface area contributed by atoms with E-state index < -0.39 is 0 Å². The van der Waals surface area contributed by atoms with E-state index in [2.05, 4.69) is 45.3 Å². The van der Waals surface area contributed by atoms with Crippen molar-refractivity contribution in [2.75, 3.05) is 25.5 Å². The van der Waals surface area contributed by atoms with Gasteiger partial charge in [-0.3, -0.25) is 4.79 Å². The van der Waals surface area contributed by atoms with E-state index in [1.807, 2.05) is 48.5 Å². The number of carbonyl (C=O) groups excluding carboxylic acids is 1. The van der Waals surface area contributed by atoms with E-state index in [0.29, 0.717) is 11.7 Å². The van der Waals surface area contributed by atoms with E-state index in [0.717, 1.165) is 53.0 Å². The van der Waals surface area contributed by atoms with Gasteiger partial charge in [-0.05, 0) is 79.5 Å². The fourth-order valence-corrected chi connectivity index (χ4v) is 3.84. The Morgan fingerprint density at radius 1 is 0.900 bits per heavy atom. The maximum Gasteiger partial charge on any atom is 0.255 e. The maximum absolute atomic E-state index is 12.4. The van der Waals surface area contributed by atoms with Crippen LogP contribution in [0.15, 0.2) is 77.3 Å². The number of likely N-dealkylation sites (tertiary alicyclic amines) is 1. The second-order valence-electron chi connectivity index (χ2n) is 7.68. The van der Waals surface area contributed by atoms with Crippen LogP contribution in [-0.4, -0.2) is 37.0 Å². The van der Waals surface area contributed by atoms with E-state index in [9.17, 15) is 4.79 Å². The van der Waals surface area contributed by atoms with Crippen LogP contribution in [0, 0.1) is 0 Å². The van der Waals surface area contributed by atoms with Crippen LogP contribution >= 0.6 is 15.9 Å². The summed E-state index contributed by atoms with van der Waals surface area (Å²) in [5.41, 5.74) is 3.62. The third kappa shape index (κ3) is 5.29. The first-order valence-corrected chi connectivity index (χ1v) is 11.0. The number of halogens is 1. The van der Waals surface area contributed by atoms with Gasteiger partial charge in [0, 0.05) is 28.8 Å². The second-order valence-corrected chi connectivity index (χ2v) is 8.60. The topological polar surface area (TPSA) is 41.6 Å². The zero-order chi connectivity index (χ0) is 20.9. The van der Waals surface area contributed by atoms with Crippen molar-refractivity contribution in [2.24, 2.45) is 0 Å². The Balaban J connectivity index is 1.36. The first kappa shape index (κ1) is 20.6. The smallest absolute Gasteiger partial charge is 0.255 e. The van der Waals surface area contributed by atoms with Crippen LogP contribution in [0.4, 0.5) is 5.69 Å². The molecule has 1 amide bonds. The molecule has 0 aromatic heterocycles. The first-order valence-electron chi connectivity index (χ1n) is 10.2. The first-order chi connectivity index (χ1) is 14.6. The summed E-state index contributed by atoms with van der Waals surface area (Å²) in [5.74, 6) is 0.803. The minimum absolute atomic E-state index is 0.120. The average molecular weight is 465 g/mol. The van der Waals surface area contributed by atoms with Crippen molar-refractivity contribution in [3.63, 3.8) is 0 Å². The van der Waals surface area contributed by atoms with Crippen LogP contribution in [-0.2, 0) is 0 Å². The molecular weight excluding hydrogens is 440 g/mol. The summed E-state index contributed by atoms with van der Waals surface area (Å²) >= 11 is 3.38. The molecule has 1 heterocycles. The second kappa shape index (κ2) is 9.45. The Bertz CT molecular complexity index is 977. The lowest BCUT2D eigenvalue weighted by atomic mass is 10.0. The molecule has 5 heteroatoms. The summed E-state index contributed by atoms with van der Waals surface area (Å²) in [4.78, 5) is 14.7. The van der Waals surface area contributed by atoms with Crippen molar-refractivity contribution in [1.82, 2.24) is 4.90 Å². The molecule has 1 saturated heterocycles. The molecule has 0 bridgehead atoms. The molecule has 3 aromatic rings. The van der Waals surface area contributed by atoms with Crippen molar-refractivity contribution >= 4 is 27.5 Å². The Hall–Kier alpha value is -2.63. The van der Waals surface area contributed by atoms with E-state index in [1.54, 1.807) is 12.1 Å². The Morgan fingerprint density at radius 2 is 1.47 bits per heavy atom. The fourth-order valence-electron chi connectivity index (χ4n) is 3.57. The van der Waals surface area contributed by atoms with Crippen LogP contribution in [0.1, 0.15) is 23.2 Å². The minimum Gasteiger partial charge on any atom is -0.490 e. The van der Waals surface area contributed by atoms with Crippen molar-refractivity contribution < 1.29 is 9.53 Å². The molecule has 1 aliphatic heterocycles. The number of hydrogen-bond acceptors (Lipinski definition) is 3. The monoisotopic (exact) mass is 464 g/mol. The van der Waals surface area contributed by atoms with Crippen molar-refractivity contribution in [3.05, 3.63) is 82.8 Å². The van der Waals surface area contributed by atoms with Gasteiger partial charge in [0.25, 0.3) is 5.91 Å². The molecule has 4 nitrogen and oxygen atoms in total. The van der Waals surface area contributed by atoms with E-state index in [1.165, 1.54) is 0 Å². The van der Waals surface area contributed by atoms with Crippen LogP contribution in [0.3, 0.4) is 0 Å².